The van der Waals surface area contributed by atoms with E-state index in [2.05, 4.69) is 10.3 Å². The highest BCUT2D eigenvalue weighted by Crippen LogP contribution is 2.23. The number of carbonyl (C=O) groups excluding carboxylic acids is 2. The lowest BCUT2D eigenvalue weighted by molar-refractivity contribution is -0.128. The van der Waals surface area contributed by atoms with Gasteiger partial charge in [0.25, 0.3) is 0 Å². The summed E-state index contributed by atoms with van der Waals surface area (Å²) < 4.78 is 0. The zero-order chi connectivity index (χ0) is 19.4. The number of nitrogens with zero attached hydrogens (tertiary/aromatic N) is 1. The molecule has 0 aliphatic rings. The Morgan fingerprint density at radius 1 is 1.07 bits per heavy atom. The summed E-state index contributed by atoms with van der Waals surface area (Å²) in [6.07, 6.45) is 0. The van der Waals surface area contributed by atoms with Crippen molar-refractivity contribution in [2.45, 2.75) is 32.3 Å². The van der Waals surface area contributed by atoms with E-state index in [1.807, 2.05) is 69.3 Å². The van der Waals surface area contributed by atoms with Crippen molar-refractivity contribution in [3.8, 4) is 0 Å². The van der Waals surface area contributed by atoms with Crippen LogP contribution >= 0.6 is 23.1 Å². The van der Waals surface area contributed by atoms with Gasteiger partial charge in [-0.2, -0.15) is 0 Å². The van der Waals surface area contributed by atoms with E-state index in [1.165, 1.54) is 23.1 Å². The van der Waals surface area contributed by atoms with Crippen molar-refractivity contribution >= 4 is 45.7 Å². The second-order valence-corrected chi connectivity index (χ2v) is 9.42. The fourth-order valence-electron chi connectivity index (χ4n) is 2.39. The summed E-state index contributed by atoms with van der Waals surface area (Å²) in [5.41, 5.74) is 0.516. The molecule has 0 fully saturated rings. The Labute approximate surface area is 167 Å². The van der Waals surface area contributed by atoms with Crippen molar-refractivity contribution in [1.29, 1.82) is 0 Å². The van der Waals surface area contributed by atoms with Crippen LogP contribution in [0.2, 0.25) is 0 Å². The molecule has 0 atom stereocenters. The highest BCUT2D eigenvalue weighted by molar-refractivity contribution is 8.00. The largest absolute Gasteiger partial charge is 0.351 e. The minimum Gasteiger partial charge on any atom is -0.351 e. The number of rotatable bonds is 6. The Morgan fingerprint density at radius 3 is 2.63 bits per heavy atom. The molecule has 140 valence electrons. The van der Waals surface area contributed by atoms with Gasteiger partial charge < -0.3 is 5.32 Å². The standard InChI is InChI=1S/C21H22N2O2S2/c1-21(2,3)20(25)22-12-15-9-10-18(27-15)17(24)13-26-19-11-8-14-6-4-5-7-16(14)23-19/h4-11H,12-13H2,1-3H3,(H,22,25). The topological polar surface area (TPSA) is 59.1 Å². The summed E-state index contributed by atoms with van der Waals surface area (Å²) in [7, 11) is 0. The lowest BCUT2D eigenvalue weighted by atomic mass is 9.96. The molecular formula is C21H22N2O2S2. The average Bonchev–Trinajstić information content (AvgIpc) is 3.12. The molecule has 0 aliphatic heterocycles. The number of pyridine rings is 1. The molecule has 3 rings (SSSR count). The van der Waals surface area contributed by atoms with Crippen LogP contribution in [0.4, 0.5) is 0 Å². The molecule has 3 aromatic rings. The van der Waals surface area contributed by atoms with E-state index >= 15 is 0 Å². The molecule has 0 spiro atoms. The Kier molecular flexibility index (Phi) is 5.97. The minimum atomic E-state index is -0.417. The molecule has 0 bridgehead atoms. The minimum absolute atomic E-state index is 0.00158. The maximum atomic E-state index is 12.5. The molecule has 1 amide bonds. The van der Waals surface area contributed by atoms with Crippen molar-refractivity contribution in [3.63, 3.8) is 0 Å². The van der Waals surface area contributed by atoms with Crippen LogP contribution in [0.1, 0.15) is 35.3 Å². The SMILES string of the molecule is CC(C)(C)C(=O)NCc1ccc(C(=O)CSc2ccc3ccccc3n2)s1. The number of aromatic nitrogens is 1. The molecule has 2 aromatic heterocycles. The van der Waals surface area contributed by atoms with Gasteiger partial charge in [0.05, 0.1) is 27.7 Å². The van der Waals surface area contributed by atoms with Crippen molar-refractivity contribution in [3.05, 3.63) is 58.3 Å². The van der Waals surface area contributed by atoms with E-state index < -0.39 is 5.41 Å². The van der Waals surface area contributed by atoms with Gasteiger partial charge in [-0.3, -0.25) is 9.59 Å². The van der Waals surface area contributed by atoms with Crippen LogP contribution in [0.15, 0.2) is 53.6 Å². The molecule has 0 radical (unpaired) electrons. The average molecular weight is 399 g/mol. The van der Waals surface area contributed by atoms with E-state index in [1.54, 1.807) is 0 Å². The predicted molar refractivity (Wildman–Crippen MR) is 112 cm³/mol. The maximum absolute atomic E-state index is 12.5. The first-order chi connectivity index (χ1) is 12.8. The molecule has 0 saturated carbocycles. The number of nitrogens with one attached hydrogen (secondary N) is 1. The third-order valence-corrected chi connectivity index (χ3v) is 6.02. The molecule has 6 heteroatoms. The molecule has 27 heavy (non-hydrogen) atoms. The third-order valence-electron chi connectivity index (χ3n) is 3.96. The van der Waals surface area contributed by atoms with Crippen LogP contribution in [0.5, 0.6) is 0 Å². The molecule has 0 unspecified atom stereocenters. The third kappa shape index (κ3) is 5.17. The number of fused-ring (bicyclic) bond motifs is 1. The van der Waals surface area contributed by atoms with Crippen LogP contribution in [-0.4, -0.2) is 22.4 Å². The van der Waals surface area contributed by atoms with Crippen molar-refractivity contribution in [2.75, 3.05) is 5.75 Å². The van der Waals surface area contributed by atoms with Gasteiger partial charge in [-0.05, 0) is 24.3 Å². The lowest BCUT2D eigenvalue weighted by Crippen LogP contribution is -2.34. The Hall–Kier alpha value is -2.18. The first kappa shape index (κ1) is 19.6. The molecule has 4 nitrogen and oxygen atoms in total. The Bertz CT molecular complexity index is 973. The van der Waals surface area contributed by atoms with E-state index in [0.717, 1.165) is 20.8 Å². The van der Waals surface area contributed by atoms with E-state index in [4.69, 9.17) is 0 Å². The first-order valence-electron chi connectivity index (χ1n) is 8.72. The zero-order valence-corrected chi connectivity index (χ0v) is 17.2. The molecule has 2 heterocycles. The van der Waals surface area contributed by atoms with Crippen LogP contribution in [0, 0.1) is 5.41 Å². The highest BCUT2D eigenvalue weighted by atomic mass is 32.2. The highest BCUT2D eigenvalue weighted by Gasteiger charge is 2.21. The van der Waals surface area contributed by atoms with Gasteiger partial charge >= 0.3 is 0 Å². The lowest BCUT2D eigenvalue weighted by Gasteiger charge is -2.17. The number of carbonyl (C=O) groups is 2. The summed E-state index contributed by atoms with van der Waals surface area (Å²) in [5, 5.41) is 4.85. The van der Waals surface area contributed by atoms with Gasteiger partial charge in [0, 0.05) is 15.7 Å². The van der Waals surface area contributed by atoms with Crippen LogP contribution in [-0.2, 0) is 11.3 Å². The fourth-order valence-corrected chi connectivity index (χ4v) is 4.13. The number of para-hydroxylation sites is 1. The van der Waals surface area contributed by atoms with Crippen LogP contribution < -0.4 is 5.32 Å². The molecule has 0 aliphatic carbocycles. The van der Waals surface area contributed by atoms with E-state index in [0.29, 0.717) is 17.2 Å². The second kappa shape index (κ2) is 8.23. The van der Waals surface area contributed by atoms with Crippen LogP contribution in [0.3, 0.4) is 0 Å². The van der Waals surface area contributed by atoms with Gasteiger partial charge in [-0.15, -0.1) is 11.3 Å². The number of benzene rings is 1. The molecular weight excluding hydrogens is 376 g/mol. The first-order valence-corrected chi connectivity index (χ1v) is 10.5. The van der Waals surface area contributed by atoms with Gasteiger partial charge in [0.15, 0.2) is 5.78 Å². The molecule has 1 aromatic carbocycles. The zero-order valence-electron chi connectivity index (χ0n) is 15.6. The summed E-state index contributed by atoms with van der Waals surface area (Å²) in [4.78, 5) is 30.7. The number of Topliss-reactive ketones (excluding diaryl/α,β-unsaturated/α-hetero) is 1. The summed E-state index contributed by atoms with van der Waals surface area (Å²) in [6.45, 7) is 6.09. The van der Waals surface area contributed by atoms with E-state index in [-0.39, 0.29) is 11.7 Å². The van der Waals surface area contributed by atoms with Crippen LogP contribution in [0.25, 0.3) is 10.9 Å². The normalized spacial score (nSPS) is 11.5. The van der Waals surface area contributed by atoms with E-state index in [9.17, 15) is 9.59 Å². The van der Waals surface area contributed by atoms with Gasteiger partial charge in [-0.1, -0.05) is 56.8 Å². The molecule has 0 saturated heterocycles. The quantitative estimate of drug-likeness (QED) is 0.472. The summed E-state index contributed by atoms with van der Waals surface area (Å²) >= 11 is 2.88. The number of thioether (sulfide) groups is 1. The monoisotopic (exact) mass is 398 g/mol. The van der Waals surface area contributed by atoms with Gasteiger partial charge in [-0.25, -0.2) is 4.98 Å². The smallest absolute Gasteiger partial charge is 0.225 e. The number of thiophene rings is 1. The summed E-state index contributed by atoms with van der Waals surface area (Å²) in [6, 6.07) is 15.6. The Balaban J connectivity index is 1.56. The summed E-state index contributed by atoms with van der Waals surface area (Å²) in [5.74, 6) is 0.426. The fraction of sp³-hybridized carbons (Fsp3) is 0.286. The number of hydrogen-bond donors (Lipinski definition) is 1. The Morgan fingerprint density at radius 2 is 1.85 bits per heavy atom. The second-order valence-electron chi connectivity index (χ2n) is 7.25. The number of amides is 1. The molecule has 1 N–H and O–H groups in total. The van der Waals surface area contributed by atoms with Gasteiger partial charge in [0.2, 0.25) is 5.91 Å². The van der Waals surface area contributed by atoms with Gasteiger partial charge in [0.1, 0.15) is 0 Å². The predicted octanol–water partition coefficient (Wildman–Crippen LogP) is 4.93. The van der Waals surface area contributed by atoms with Crippen molar-refractivity contribution < 1.29 is 9.59 Å². The van der Waals surface area contributed by atoms with Crippen molar-refractivity contribution in [1.82, 2.24) is 10.3 Å². The number of hydrogen-bond acceptors (Lipinski definition) is 5. The maximum Gasteiger partial charge on any atom is 0.225 e. The number of ketones is 1. The van der Waals surface area contributed by atoms with Crippen molar-refractivity contribution in [2.24, 2.45) is 5.41 Å².